The van der Waals surface area contributed by atoms with Gasteiger partial charge in [0, 0.05) is 44.3 Å². The molecular weight excluding hydrogens is 252 g/mol. The zero-order chi connectivity index (χ0) is 14.5. The summed E-state index contributed by atoms with van der Waals surface area (Å²) in [4.78, 5) is 16.4. The molecule has 2 rings (SSSR count). The number of hydrogen-bond donors (Lipinski definition) is 2. The highest BCUT2D eigenvalue weighted by Crippen LogP contribution is 2.12. The van der Waals surface area contributed by atoms with E-state index in [4.69, 9.17) is 5.84 Å². The van der Waals surface area contributed by atoms with Crippen molar-refractivity contribution in [3.8, 4) is 0 Å². The van der Waals surface area contributed by atoms with Crippen LogP contribution < -0.4 is 11.3 Å². The normalized spacial score (nSPS) is 17.4. The lowest BCUT2D eigenvalue weighted by Gasteiger charge is -2.37. The maximum atomic E-state index is 11.5. The number of rotatable bonds is 4. The van der Waals surface area contributed by atoms with Crippen LogP contribution in [0.15, 0.2) is 24.3 Å². The zero-order valence-corrected chi connectivity index (χ0v) is 12.3. The van der Waals surface area contributed by atoms with Crippen molar-refractivity contribution in [3.05, 3.63) is 35.4 Å². The van der Waals surface area contributed by atoms with Gasteiger partial charge >= 0.3 is 0 Å². The van der Waals surface area contributed by atoms with Crippen LogP contribution >= 0.6 is 0 Å². The van der Waals surface area contributed by atoms with Gasteiger partial charge in [0.1, 0.15) is 0 Å². The van der Waals surface area contributed by atoms with Crippen LogP contribution in [0.5, 0.6) is 0 Å². The molecule has 1 aromatic carbocycles. The lowest BCUT2D eigenvalue weighted by atomic mass is 10.1. The Bertz CT molecular complexity index is 453. The molecule has 1 aliphatic rings. The summed E-state index contributed by atoms with van der Waals surface area (Å²) >= 11 is 0. The van der Waals surface area contributed by atoms with Crippen molar-refractivity contribution >= 4 is 5.91 Å². The average Bonchev–Trinajstić information content (AvgIpc) is 2.47. The van der Waals surface area contributed by atoms with Gasteiger partial charge in [-0.3, -0.25) is 20.0 Å². The van der Waals surface area contributed by atoms with Crippen LogP contribution in [-0.2, 0) is 6.54 Å². The minimum Gasteiger partial charge on any atom is -0.298 e. The molecule has 5 heteroatoms. The molecule has 0 bridgehead atoms. The molecule has 1 aromatic rings. The molecule has 1 fully saturated rings. The van der Waals surface area contributed by atoms with Gasteiger partial charge in [0.2, 0.25) is 0 Å². The lowest BCUT2D eigenvalue weighted by Crippen LogP contribution is -2.48. The fraction of sp³-hybridized carbons (Fsp3) is 0.533. The van der Waals surface area contributed by atoms with E-state index >= 15 is 0 Å². The summed E-state index contributed by atoms with van der Waals surface area (Å²) < 4.78 is 0. The molecule has 0 unspecified atom stereocenters. The summed E-state index contributed by atoms with van der Waals surface area (Å²) in [6.45, 7) is 9.74. The SMILES string of the molecule is CC(C)N1CCN(Cc2cccc(C(=O)NN)c2)CC1. The molecule has 1 aliphatic heterocycles. The number of hydrazine groups is 1. The van der Waals surface area contributed by atoms with Crippen molar-refractivity contribution in [2.45, 2.75) is 26.4 Å². The Morgan fingerprint density at radius 1 is 1.30 bits per heavy atom. The predicted molar refractivity (Wildman–Crippen MR) is 80.1 cm³/mol. The molecule has 5 nitrogen and oxygen atoms in total. The van der Waals surface area contributed by atoms with E-state index in [1.165, 1.54) is 0 Å². The molecule has 0 saturated carbocycles. The molecule has 0 aliphatic carbocycles. The van der Waals surface area contributed by atoms with Gasteiger partial charge in [-0.15, -0.1) is 0 Å². The van der Waals surface area contributed by atoms with Crippen LogP contribution in [0.1, 0.15) is 29.8 Å². The van der Waals surface area contributed by atoms with Crippen molar-refractivity contribution in [1.82, 2.24) is 15.2 Å². The second-order valence-electron chi connectivity index (χ2n) is 5.58. The maximum absolute atomic E-state index is 11.5. The fourth-order valence-electron chi connectivity index (χ4n) is 2.59. The molecule has 1 heterocycles. The molecule has 1 amide bonds. The monoisotopic (exact) mass is 276 g/mol. The van der Waals surface area contributed by atoms with Crippen LogP contribution in [0.25, 0.3) is 0 Å². The number of carbonyl (C=O) groups is 1. The van der Waals surface area contributed by atoms with E-state index in [-0.39, 0.29) is 5.91 Å². The average molecular weight is 276 g/mol. The van der Waals surface area contributed by atoms with Gasteiger partial charge in [-0.2, -0.15) is 0 Å². The Morgan fingerprint density at radius 2 is 2.00 bits per heavy atom. The summed E-state index contributed by atoms with van der Waals surface area (Å²) in [5.74, 6) is 4.93. The Labute approximate surface area is 120 Å². The largest absolute Gasteiger partial charge is 0.298 e. The number of nitrogens with one attached hydrogen (secondary N) is 1. The summed E-state index contributed by atoms with van der Waals surface area (Å²) in [5, 5.41) is 0. The Balaban J connectivity index is 1.93. The van der Waals surface area contributed by atoms with Gasteiger partial charge in [0.05, 0.1) is 0 Å². The number of nitrogens with zero attached hydrogens (tertiary/aromatic N) is 2. The smallest absolute Gasteiger partial charge is 0.265 e. The number of nitrogens with two attached hydrogens (primary N) is 1. The topological polar surface area (TPSA) is 61.6 Å². The van der Waals surface area contributed by atoms with Gasteiger partial charge < -0.3 is 0 Å². The quantitative estimate of drug-likeness (QED) is 0.485. The lowest BCUT2D eigenvalue weighted by molar-refractivity contribution is 0.0952. The van der Waals surface area contributed by atoms with Crippen LogP contribution in [0, 0.1) is 0 Å². The van der Waals surface area contributed by atoms with E-state index in [1.807, 2.05) is 12.1 Å². The molecule has 3 N–H and O–H groups in total. The Kier molecular flexibility index (Phi) is 5.11. The fourth-order valence-corrected chi connectivity index (χ4v) is 2.59. The van der Waals surface area contributed by atoms with E-state index < -0.39 is 0 Å². The summed E-state index contributed by atoms with van der Waals surface area (Å²) in [6.07, 6.45) is 0. The highest BCUT2D eigenvalue weighted by molar-refractivity contribution is 5.93. The minimum absolute atomic E-state index is 0.239. The molecular formula is C15H24N4O. The number of nitrogen functional groups attached to an aromatic ring is 1. The van der Waals surface area contributed by atoms with Gasteiger partial charge in [-0.05, 0) is 31.5 Å². The number of benzene rings is 1. The number of piperazine rings is 1. The molecule has 0 aromatic heterocycles. The molecule has 1 saturated heterocycles. The van der Waals surface area contributed by atoms with Crippen LogP contribution in [0.4, 0.5) is 0 Å². The number of hydrogen-bond acceptors (Lipinski definition) is 4. The maximum Gasteiger partial charge on any atom is 0.265 e. The van der Waals surface area contributed by atoms with Crippen molar-refractivity contribution in [2.75, 3.05) is 26.2 Å². The molecule has 20 heavy (non-hydrogen) atoms. The van der Waals surface area contributed by atoms with E-state index in [0.717, 1.165) is 38.3 Å². The Morgan fingerprint density at radius 3 is 2.60 bits per heavy atom. The standard InChI is InChI=1S/C15H24N4O/c1-12(2)19-8-6-18(7-9-19)11-13-4-3-5-14(10-13)15(20)17-16/h3-5,10,12H,6-9,11,16H2,1-2H3,(H,17,20). The summed E-state index contributed by atoms with van der Waals surface area (Å²) in [6, 6.07) is 8.28. The highest BCUT2D eigenvalue weighted by Gasteiger charge is 2.18. The third-order valence-electron chi connectivity index (χ3n) is 3.86. The van der Waals surface area contributed by atoms with Crippen molar-refractivity contribution < 1.29 is 4.79 Å². The van der Waals surface area contributed by atoms with E-state index in [2.05, 4.69) is 35.1 Å². The van der Waals surface area contributed by atoms with Gasteiger partial charge in [-0.1, -0.05) is 12.1 Å². The van der Waals surface area contributed by atoms with Crippen molar-refractivity contribution in [1.29, 1.82) is 0 Å². The van der Waals surface area contributed by atoms with E-state index in [9.17, 15) is 4.79 Å². The van der Waals surface area contributed by atoms with Crippen molar-refractivity contribution in [3.63, 3.8) is 0 Å². The van der Waals surface area contributed by atoms with Gasteiger partial charge in [0.25, 0.3) is 5.91 Å². The number of amides is 1. The first-order valence-electron chi connectivity index (χ1n) is 7.16. The molecule has 0 atom stereocenters. The molecule has 110 valence electrons. The van der Waals surface area contributed by atoms with E-state index in [1.54, 1.807) is 6.07 Å². The number of carbonyl (C=O) groups excluding carboxylic acids is 1. The van der Waals surface area contributed by atoms with Crippen molar-refractivity contribution in [2.24, 2.45) is 5.84 Å². The Hall–Kier alpha value is -1.43. The summed E-state index contributed by atoms with van der Waals surface area (Å²) in [5.41, 5.74) is 3.94. The zero-order valence-electron chi connectivity index (χ0n) is 12.3. The second-order valence-corrected chi connectivity index (χ2v) is 5.58. The first-order chi connectivity index (χ1) is 9.60. The molecule has 0 radical (unpaired) electrons. The highest BCUT2D eigenvalue weighted by atomic mass is 16.2. The summed E-state index contributed by atoms with van der Waals surface area (Å²) in [7, 11) is 0. The predicted octanol–water partition coefficient (Wildman–Crippen LogP) is 0.816. The second kappa shape index (κ2) is 6.83. The molecule has 0 spiro atoms. The van der Waals surface area contributed by atoms with Crippen LogP contribution in [-0.4, -0.2) is 47.9 Å². The third-order valence-corrected chi connectivity index (χ3v) is 3.86. The minimum atomic E-state index is -0.239. The third kappa shape index (κ3) is 3.79. The van der Waals surface area contributed by atoms with Gasteiger partial charge in [-0.25, -0.2) is 5.84 Å². The first-order valence-corrected chi connectivity index (χ1v) is 7.16. The van der Waals surface area contributed by atoms with E-state index in [0.29, 0.717) is 11.6 Å². The van der Waals surface area contributed by atoms with Crippen LogP contribution in [0.2, 0.25) is 0 Å². The first kappa shape index (κ1) is 15.0. The van der Waals surface area contributed by atoms with Crippen LogP contribution in [0.3, 0.4) is 0 Å². The van der Waals surface area contributed by atoms with Gasteiger partial charge in [0.15, 0.2) is 0 Å².